The van der Waals surface area contributed by atoms with Crippen LogP contribution in [0.3, 0.4) is 0 Å². The standard InChI is InChI=1S/C27H44O2/c1-18(8-7-9-19(2)25(28)29)22-13-14-23-21-12-11-20-10-5-6-16-26(20,3)24(21)15-17-27(22,23)4/h11,18-19,21-24H,5-10,12-17H2,1-4H3,(H,28,29)/t18-,19?,21+,22-,23+,24+,26+,27-/m1/s1. The van der Waals surface area contributed by atoms with E-state index in [1.165, 1.54) is 64.2 Å². The fraction of sp³-hybridized carbons (Fsp3) is 0.889. The highest BCUT2D eigenvalue weighted by molar-refractivity contribution is 5.69. The minimum absolute atomic E-state index is 0.191. The zero-order chi connectivity index (χ0) is 20.8. The third kappa shape index (κ3) is 3.61. The first-order valence-electron chi connectivity index (χ1n) is 12.7. The first-order valence-corrected chi connectivity index (χ1v) is 12.7. The summed E-state index contributed by atoms with van der Waals surface area (Å²) >= 11 is 0. The van der Waals surface area contributed by atoms with Crippen LogP contribution in [0.25, 0.3) is 0 Å². The van der Waals surface area contributed by atoms with Crippen molar-refractivity contribution in [3.05, 3.63) is 11.6 Å². The molecule has 164 valence electrons. The summed E-state index contributed by atoms with van der Waals surface area (Å²) in [5.41, 5.74) is 2.86. The van der Waals surface area contributed by atoms with Crippen LogP contribution in [0.5, 0.6) is 0 Å². The molecule has 8 atom stereocenters. The SMILES string of the molecule is CC(CCC[C@@H](C)[C@H]1CC[C@H]2[C@@H]3CC=C4CCCC[C@]4(C)[C@H]3CC[C@]12C)C(=O)O. The maximum atomic E-state index is 11.1. The van der Waals surface area contributed by atoms with Gasteiger partial charge in [0.1, 0.15) is 0 Å². The van der Waals surface area contributed by atoms with Gasteiger partial charge in [0.05, 0.1) is 5.92 Å². The molecule has 2 heteroatoms. The van der Waals surface area contributed by atoms with Crippen molar-refractivity contribution < 1.29 is 9.90 Å². The topological polar surface area (TPSA) is 37.3 Å². The third-order valence-corrected chi connectivity index (χ3v) is 10.5. The number of aliphatic carboxylic acids is 1. The molecule has 0 amide bonds. The lowest BCUT2D eigenvalue weighted by atomic mass is 9.47. The number of hydrogen-bond donors (Lipinski definition) is 1. The highest BCUT2D eigenvalue weighted by atomic mass is 16.4. The minimum atomic E-state index is -0.634. The molecule has 0 saturated heterocycles. The number of allylic oxidation sites excluding steroid dienone is 2. The van der Waals surface area contributed by atoms with Crippen molar-refractivity contribution in [2.75, 3.05) is 0 Å². The second kappa shape index (κ2) is 8.04. The number of hydrogen-bond acceptors (Lipinski definition) is 1. The maximum absolute atomic E-state index is 11.1. The normalized spacial score (nSPS) is 43.5. The van der Waals surface area contributed by atoms with Crippen molar-refractivity contribution >= 4 is 5.97 Å². The van der Waals surface area contributed by atoms with E-state index in [1.807, 2.05) is 12.5 Å². The van der Waals surface area contributed by atoms with E-state index in [0.717, 1.165) is 42.4 Å². The number of carbonyl (C=O) groups is 1. The first kappa shape index (κ1) is 21.4. The molecule has 29 heavy (non-hydrogen) atoms. The minimum Gasteiger partial charge on any atom is -0.481 e. The lowest BCUT2D eigenvalue weighted by Crippen LogP contribution is -2.50. The molecule has 0 radical (unpaired) electrons. The van der Waals surface area contributed by atoms with Gasteiger partial charge in [-0.15, -0.1) is 0 Å². The van der Waals surface area contributed by atoms with Gasteiger partial charge in [0.15, 0.2) is 0 Å². The average molecular weight is 401 g/mol. The lowest BCUT2D eigenvalue weighted by Gasteiger charge is -2.58. The van der Waals surface area contributed by atoms with Crippen LogP contribution >= 0.6 is 0 Å². The molecular formula is C27H44O2. The van der Waals surface area contributed by atoms with E-state index in [4.69, 9.17) is 5.11 Å². The number of carboxylic acids is 1. The van der Waals surface area contributed by atoms with Gasteiger partial charge in [-0.3, -0.25) is 4.79 Å². The second-order valence-corrected chi connectivity index (χ2v) is 11.8. The van der Waals surface area contributed by atoms with Gasteiger partial charge in [-0.25, -0.2) is 0 Å². The van der Waals surface area contributed by atoms with Crippen LogP contribution in [-0.4, -0.2) is 11.1 Å². The van der Waals surface area contributed by atoms with E-state index in [9.17, 15) is 4.79 Å². The van der Waals surface area contributed by atoms with E-state index in [1.54, 1.807) is 0 Å². The van der Waals surface area contributed by atoms with Gasteiger partial charge in [0, 0.05) is 0 Å². The van der Waals surface area contributed by atoms with Crippen molar-refractivity contribution in [3.63, 3.8) is 0 Å². The monoisotopic (exact) mass is 400 g/mol. The molecule has 4 aliphatic rings. The molecule has 1 unspecified atom stereocenters. The largest absolute Gasteiger partial charge is 0.481 e. The van der Waals surface area contributed by atoms with Gasteiger partial charge in [0.25, 0.3) is 0 Å². The van der Waals surface area contributed by atoms with Crippen LogP contribution in [-0.2, 0) is 4.79 Å². The maximum Gasteiger partial charge on any atom is 0.306 e. The van der Waals surface area contributed by atoms with E-state index in [0.29, 0.717) is 10.8 Å². The Bertz CT molecular complexity index is 651. The Kier molecular flexibility index (Phi) is 5.95. The summed E-state index contributed by atoms with van der Waals surface area (Å²) in [6.45, 7) is 9.59. The molecule has 2 nitrogen and oxygen atoms in total. The first-order chi connectivity index (χ1) is 13.8. The van der Waals surface area contributed by atoms with Crippen molar-refractivity contribution in [3.8, 4) is 0 Å². The molecule has 0 aromatic rings. The van der Waals surface area contributed by atoms with Crippen LogP contribution in [0.15, 0.2) is 11.6 Å². The van der Waals surface area contributed by atoms with Crippen LogP contribution in [0.2, 0.25) is 0 Å². The molecular weight excluding hydrogens is 356 g/mol. The zero-order valence-corrected chi connectivity index (χ0v) is 19.4. The summed E-state index contributed by atoms with van der Waals surface area (Å²) in [4.78, 5) is 11.1. The van der Waals surface area contributed by atoms with E-state index >= 15 is 0 Å². The van der Waals surface area contributed by atoms with Crippen molar-refractivity contribution in [1.82, 2.24) is 0 Å². The predicted octanol–water partition coefficient (Wildman–Crippen LogP) is 7.48. The number of carboxylic acid groups (broad SMARTS) is 1. The fourth-order valence-electron chi connectivity index (χ4n) is 8.74. The number of rotatable bonds is 6. The summed E-state index contributed by atoms with van der Waals surface area (Å²) in [5.74, 6) is 3.54. The summed E-state index contributed by atoms with van der Waals surface area (Å²) in [5, 5.41) is 9.16. The van der Waals surface area contributed by atoms with Crippen molar-refractivity contribution in [2.45, 2.75) is 105 Å². The van der Waals surface area contributed by atoms with Crippen LogP contribution in [0, 0.1) is 46.3 Å². The Morgan fingerprint density at radius 2 is 1.90 bits per heavy atom. The van der Waals surface area contributed by atoms with E-state index < -0.39 is 5.97 Å². The molecule has 0 aromatic carbocycles. The Morgan fingerprint density at radius 3 is 2.66 bits per heavy atom. The van der Waals surface area contributed by atoms with Gasteiger partial charge < -0.3 is 5.11 Å². The summed E-state index contributed by atoms with van der Waals surface area (Å²) in [7, 11) is 0. The van der Waals surface area contributed by atoms with Gasteiger partial charge in [-0.05, 0) is 98.2 Å². The molecule has 3 saturated carbocycles. The van der Waals surface area contributed by atoms with Gasteiger partial charge in [-0.1, -0.05) is 58.6 Å². The quantitative estimate of drug-likeness (QED) is 0.469. The van der Waals surface area contributed by atoms with Gasteiger partial charge in [0.2, 0.25) is 0 Å². The van der Waals surface area contributed by atoms with E-state index in [2.05, 4.69) is 26.8 Å². The Morgan fingerprint density at radius 1 is 1.10 bits per heavy atom. The van der Waals surface area contributed by atoms with Gasteiger partial charge in [-0.2, -0.15) is 0 Å². The molecule has 0 aliphatic heterocycles. The van der Waals surface area contributed by atoms with Crippen LogP contribution in [0.1, 0.15) is 105 Å². The van der Waals surface area contributed by atoms with Crippen molar-refractivity contribution in [1.29, 1.82) is 0 Å². The van der Waals surface area contributed by atoms with Crippen molar-refractivity contribution in [2.24, 2.45) is 46.3 Å². The number of fused-ring (bicyclic) bond motifs is 5. The summed E-state index contributed by atoms with van der Waals surface area (Å²) in [6, 6.07) is 0. The summed E-state index contributed by atoms with van der Waals surface area (Å²) < 4.78 is 0. The second-order valence-electron chi connectivity index (χ2n) is 11.8. The van der Waals surface area contributed by atoms with E-state index in [-0.39, 0.29) is 5.92 Å². The molecule has 0 bridgehead atoms. The Labute approximate surface area is 178 Å². The van der Waals surface area contributed by atoms with Crippen LogP contribution < -0.4 is 0 Å². The third-order valence-electron chi connectivity index (χ3n) is 10.5. The molecule has 1 N–H and O–H groups in total. The molecule has 0 aromatic heterocycles. The lowest BCUT2D eigenvalue weighted by molar-refractivity contribution is -0.141. The molecule has 0 heterocycles. The average Bonchev–Trinajstić information content (AvgIpc) is 3.04. The fourth-order valence-corrected chi connectivity index (χ4v) is 8.74. The molecule has 0 spiro atoms. The zero-order valence-electron chi connectivity index (χ0n) is 19.4. The predicted molar refractivity (Wildman–Crippen MR) is 120 cm³/mol. The molecule has 3 fully saturated rings. The highest BCUT2D eigenvalue weighted by Gasteiger charge is 2.58. The summed E-state index contributed by atoms with van der Waals surface area (Å²) in [6.07, 6.45) is 18.6. The molecule has 4 aliphatic carbocycles. The smallest absolute Gasteiger partial charge is 0.306 e. The molecule has 4 rings (SSSR count). The van der Waals surface area contributed by atoms with Crippen LogP contribution in [0.4, 0.5) is 0 Å². The highest BCUT2D eigenvalue weighted by Crippen LogP contribution is 2.67. The Hall–Kier alpha value is -0.790. The van der Waals surface area contributed by atoms with Gasteiger partial charge >= 0.3 is 5.97 Å². The Balaban J connectivity index is 1.44.